The average Bonchev–Trinajstić information content (AvgIpc) is 2.03. The zero-order valence-electron chi connectivity index (χ0n) is 8.02. The van der Waals surface area contributed by atoms with Crippen molar-refractivity contribution >= 4 is 0 Å². The summed E-state index contributed by atoms with van der Waals surface area (Å²) >= 11 is 0. The Morgan fingerprint density at radius 2 is 1.00 bits per heavy atom. The third-order valence-corrected chi connectivity index (χ3v) is 2.65. The first-order valence-corrected chi connectivity index (χ1v) is 5.15. The predicted octanol–water partition coefficient (Wildman–Crippen LogP) is 2.84. The molecule has 0 aromatic heterocycles. The number of nitrogens with two attached hydrogens (primary N) is 1. The minimum absolute atomic E-state index is 0. The van der Waals surface area contributed by atoms with Gasteiger partial charge in [0.05, 0.1) is 0 Å². The maximum Gasteiger partial charge on any atom is 0.00388 e. The van der Waals surface area contributed by atoms with E-state index in [2.05, 4.69) is 0 Å². The third kappa shape index (κ3) is 6.22. The fraction of sp³-hybridized carbons (Fsp3) is 1.00. The van der Waals surface area contributed by atoms with Crippen molar-refractivity contribution in [3.05, 3.63) is 0 Å². The van der Waals surface area contributed by atoms with Crippen LogP contribution in [-0.4, -0.2) is 6.04 Å². The van der Waals surface area contributed by atoms with Crippen molar-refractivity contribution in [2.45, 2.75) is 63.8 Å². The Hall–Kier alpha value is 0.674. The van der Waals surface area contributed by atoms with Gasteiger partial charge in [-0.2, -0.15) is 0 Å². The molecule has 1 nitrogen and oxygen atoms in total. The van der Waals surface area contributed by atoms with Crippen LogP contribution in [0.3, 0.4) is 0 Å². The van der Waals surface area contributed by atoms with Crippen LogP contribution in [0.1, 0.15) is 57.8 Å². The van der Waals surface area contributed by atoms with Crippen LogP contribution in [0, 0.1) is 0 Å². The van der Waals surface area contributed by atoms with Gasteiger partial charge in [0, 0.05) is 27.8 Å². The Morgan fingerprint density at radius 1 is 0.667 bits per heavy atom. The number of hydrogen-bond acceptors (Lipinski definition) is 1. The van der Waals surface area contributed by atoms with Gasteiger partial charge >= 0.3 is 0 Å². The molecule has 0 radical (unpaired) electrons. The molecule has 1 fully saturated rings. The predicted molar refractivity (Wildman–Crippen MR) is 49.5 cm³/mol. The molecule has 2 heteroatoms. The van der Waals surface area contributed by atoms with E-state index in [0.717, 1.165) is 0 Å². The first-order chi connectivity index (χ1) is 5.39. The maximum absolute atomic E-state index is 5.92. The monoisotopic (exact) mass is 203 g/mol. The van der Waals surface area contributed by atoms with Gasteiger partial charge in [-0.1, -0.05) is 44.9 Å². The standard InChI is InChI=1S/C10H21N.Ti/c11-10-8-6-4-2-1-3-5-7-9-10;/h10H,1-9,11H2;. The smallest absolute Gasteiger partial charge is 0.00388 e. The topological polar surface area (TPSA) is 26.0 Å². The summed E-state index contributed by atoms with van der Waals surface area (Å²) in [5, 5.41) is 0. The van der Waals surface area contributed by atoms with Crippen molar-refractivity contribution < 1.29 is 21.7 Å². The molecule has 0 aromatic carbocycles. The molecule has 12 heavy (non-hydrogen) atoms. The van der Waals surface area contributed by atoms with Crippen LogP contribution >= 0.6 is 0 Å². The molecular weight excluding hydrogens is 182 g/mol. The quantitative estimate of drug-likeness (QED) is 0.602. The number of hydrogen-bond donors (Lipinski definition) is 1. The summed E-state index contributed by atoms with van der Waals surface area (Å²) in [4.78, 5) is 0. The van der Waals surface area contributed by atoms with E-state index < -0.39 is 0 Å². The minimum atomic E-state index is 0. The Kier molecular flexibility index (Phi) is 8.75. The normalized spacial score (nSPS) is 22.8. The summed E-state index contributed by atoms with van der Waals surface area (Å²) in [6.45, 7) is 0. The second-order valence-corrected chi connectivity index (χ2v) is 3.81. The van der Waals surface area contributed by atoms with Crippen molar-refractivity contribution in [2.75, 3.05) is 0 Å². The second-order valence-electron chi connectivity index (χ2n) is 3.81. The molecule has 0 bridgehead atoms. The average molecular weight is 203 g/mol. The molecule has 0 heterocycles. The number of rotatable bonds is 0. The molecule has 70 valence electrons. The van der Waals surface area contributed by atoms with E-state index in [1.54, 1.807) is 0 Å². The van der Waals surface area contributed by atoms with Gasteiger partial charge < -0.3 is 5.73 Å². The van der Waals surface area contributed by atoms with Crippen LogP contribution in [0.15, 0.2) is 0 Å². The molecule has 0 aliphatic heterocycles. The molecule has 0 atom stereocenters. The summed E-state index contributed by atoms with van der Waals surface area (Å²) in [5.74, 6) is 0. The first kappa shape index (κ1) is 12.7. The van der Waals surface area contributed by atoms with Crippen LogP contribution in [0.4, 0.5) is 0 Å². The third-order valence-electron chi connectivity index (χ3n) is 2.65. The molecule has 1 rings (SSSR count). The summed E-state index contributed by atoms with van der Waals surface area (Å²) in [5.41, 5.74) is 5.92. The van der Waals surface area contributed by atoms with E-state index >= 15 is 0 Å². The van der Waals surface area contributed by atoms with Gasteiger partial charge in [-0.3, -0.25) is 0 Å². The maximum atomic E-state index is 5.92. The zero-order valence-corrected chi connectivity index (χ0v) is 9.58. The van der Waals surface area contributed by atoms with Crippen molar-refractivity contribution in [3.8, 4) is 0 Å². The van der Waals surface area contributed by atoms with E-state index in [0.29, 0.717) is 6.04 Å². The molecule has 0 unspecified atom stereocenters. The minimum Gasteiger partial charge on any atom is -0.328 e. The van der Waals surface area contributed by atoms with Crippen LogP contribution in [-0.2, 0) is 21.7 Å². The van der Waals surface area contributed by atoms with Crippen molar-refractivity contribution in [2.24, 2.45) is 5.73 Å². The van der Waals surface area contributed by atoms with Gasteiger partial charge in [-0.05, 0) is 12.8 Å². The van der Waals surface area contributed by atoms with Gasteiger partial charge in [-0.15, -0.1) is 0 Å². The Morgan fingerprint density at radius 3 is 1.42 bits per heavy atom. The second kappa shape index (κ2) is 8.28. The van der Waals surface area contributed by atoms with Crippen molar-refractivity contribution in [3.63, 3.8) is 0 Å². The molecule has 0 amide bonds. The Labute approximate surface area is 91.4 Å². The Bertz CT molecular complexity index is 85.8. The summed E-state index contributed by atoms with van der Waals surface area (Å²) in [7, 11) is 0. The van der Waals surface area contributed by atoms with E-state index in [4.69, 9.17) is 5.73 Å². The SMILES string of the molecule is NC1CCCCCCCCC1.[Ti]. The van der Waals surface area contributed by atoms with E-state index in [1.807, 2.05) is 0 Å². The van der Waals surface area contributed by atoms with E-state index in [1.165, 1.54) is 57.8 Å². The van der Waals surface area contributed by atoms with Gasteiger partial charge in [0.2, 0.25) is 0 Å². The zero-order chi connectivity index (χ0) is 7.94. The molecule has 1 aliphatic rings. The van der Waals surface area contributed by atoms with Crippen LogP contribution in [0.2, 0.25) is 0 Å². The van der Waals surface area contributed by atoms with Gasteiger partial charge in [0.25, 0.3) is 0 Å². The first-order valence-electron chi connectivity index (χ1n) is 5.15. The molecule has 1 saturated carbocycles. The van der Waals surface area contributed by atoms with Crippen LogP contribution in [0.25, 0.3) is 0 Å². The fourth-order valence-electron chi connectivity index (χ4n) is 1.84. The molecule has 2 N–H and O–H groups in total. The summed E-state index contributed by atoms with van der Waals surface area (Å²) in [6, 6.07) is 0.507. The van der Waals surface area contributed by atoms with Crippen LogP contribution < -0.4 is 5.73 Å². The Balaban J connectivity index is 0.00000121. The van der Waals surface area contributed by atoms with Crippen molar-refractivity contribution in [1.82, 2.24) is 0 Å². The molecule has 1 aliphatic carbocycles. The summed E-state index contributed by atoms with van der Waals surface area (Å²) in [6.07, 6.45) is 12.4. The van der Waals surface area contributed by atoms with Crippen molar-refractivity contribution in [1.29, 1.82) is 0 Å². The molecular formula is C10H21NTi. The molecule has 0 aromatic rings. The van der Waals surface area contributed by atoms with E-state index in [-0.39, 0.29) is 21.7 Å². The molecule has 0 saturated heterocycles. The summed E-state index contributed by atoms with van der Waals surface area (Å²) < 4.78 is 0. The van der Waals surface area contributed by atoms with E-state index in [9.17, 15) is 0 Å². The van der Waals surface area contributed by atoms with Gasteiger partial charge in [0.15, 0.2) is 0 Å². The fourth-order valence-corrected chi connectivity index (χ4v) is 1.84. The van der Waals surface area contributed by atoms with Gasteiger partial charge in [-0.25, -0.2) is 0 Å². The van der Waals surface area contributed by atoms with Gasteiger partial charge in [0.1, 0.15) is 0 Å². The largest absolute Gasteiger partial charge is 0.328 e. The van der Waals surface area contributed by atoms with Crippen LogP contribution in [0.5, 0.6) is 0 Å². The molecule has 0 spiro atoms.